The van der Waals surface area contributed by atoms with Crippen molar-refractivity contribution in [2.24, 2.45) is 28.6 Å². The van der Waals surface area contributed by atoms with Crippen LogP contribution >= 0.6 is 0 Å². The average Bonchev–Trinajstić information content (AvgIpc) is 2.91. The molecule has 3 aliphatic carbocycles. The van der Waals surface area contributed by atoms with Crippen molar-refractivity contribution < 1.29 is 19.1 Å². The largest absolute Gasteiger partial charge is 0.462 e. The summed E-state index contributed by atoms with van der Waals surface area (Å²) in [6.07, 6.45) is 5.47. The van der Waals surface area contributed by atoms with Crippen LogP contribution in [0.25, 0.3) is 0 Å². The van der Waals surface area contributed by atoms with Crippen LogP contribution in [0.5, 0.6) is 0 Å². The second-order valence-corrected chi connectivity index (χ2v) is 9.17. The lowest BCUT2D eigenvalue weighted by Crippen LogP contribution is -2.46. The molecule has 0 aliphatic heterocycles. The quantitative estimate of drug-likeness (QED) is 0.743. The van der Waals surface area contributed by atoms with Gasteiger partial charge in [-0.1, -0.05) is 20.8 Å². The second-order valence-electron chi connectivity index (χ2n) is 9.17. The fraction of sp³-hybridized carbons (Fsp3) is 0.895. The zero-order valence-corrected chi connectivity index (χ0v) is 15.1. The molecule has 0 spiro atoms. The Bertz CT molecular complexity index is 525. The van der Waals surface area contributed by atoms with Gasteiger partial charge in [-0.2, -0.15) is 0 Å². The SMILES string of the molecule is CC(=O)OC[C@]1(OC(C)=O)CC[C@@H]2[C@@H]1CC(C)(C)C[C@H]1C[C@]12C. The van der Waals surface area contributed by atoms with Crippen molar-refractivity contribution in [3.8, 4) is 0 Å². The molecule has 3 saturated carbocycles. The lowest BCUT2D eigenvalue weighted by atomic mass is 9.72. The molecule has 0 bridgehead atoms. The molecule has 0 aromatic heterocycles. The molecular formula is C19H30O4. The highest BCUT2D eigenvalue weighted by Crippen LogP contribution is 2.71. The molecule has 0 aromatic carbocycles. The molecule has 3 rings (SSSR count). The van der Waals surface area contributed by atoms with E-state index in [1.807, 2.05) is 0 Å². The minimum atomic E-state index is -0.625. The molecule has 4 nitrogen and oxygen atoms in total. The predicted molar refractivity (Wildman–Crippen MR) is 86.6 cm³/mol. The van der Waals surface area contributed by atoms with E-state index < -0.39 is 5.60 Å². The van der Waals surface area contributed by atoms with Crippen molar-refractivity contribution in [1.82, 2.24) is 0 Å². The van der Waals surface area contributed by atoms with E-state index in [4.69, 9.17) is 9.47 Å². The van der Waals surface area contributed by atoms with Gasteiger partial charge in [0.15, 0.2) is 0 Å². The number of esters is 2. The maximum absolute atomic E-state index is 11.8. The van der Waals surface area contributed by atoms with Gasteiger partial charge in [0.1, 0.15) is 12.2 Å². The number of hydrogen-bond donors (Lipinski definition) is 0. The molecule has 4 heteroatoms. The van der Waals surface area contributed by atoms with Crippen LogP contribution in [0, 0.1) is 28.6 Å². The molecule has 0 N–H and O–H groups in total. The van der Waals surface area contributed by atoms with Gasteiger partial charge in [-0.05, 0) is 54.8 Å². The summed E-state index contributed by atoms with van der Waals surface area (Å²) in [4.78, 5) is 23.1. The molecule has 0 unspecified atom stereocenters. The number of carbonyl (C=O) groups excluding carboxylic acids is 2. The van der Waals surface area contributed by atoms with Gasteiger partial charge in [-0.15, -0.1) is 0 Å². The molecule has 0 radical (unpaired) electrons. The van der Waals surface area contributed by atoms with Crippen molar-refractivity contribution in [3.63, 3.8) is 0 Å². The zero-order chi connectivity index (χ0) is 17.0. The third-order valence-electron chi connectivity index (χ3n) is 6.78. The number of carbonyl (C=O) groups is 2. The molecule has 130 valence electrons. The summed E-state index contributed by atoms with van der Waals surface area (Å²) in [5.74, 6) is 1.09. The van der Waals surface area contributed by atoms with Gasteiger partial charge in [-0.3, -0.25) is 9.59 Å². The van der Waals surface area contributed by atoms with Crippen LogP contribution in [0.2, 0.25) is 0 Å². The van der Waals surface area contributed by atoms with E-state index in [1.54, 1.807) is 0 Å². The Hall–Kier alpha value is -1.06. The highest BCUT2D eigenvalue weighted by Gasteiger charge is 2.67. The molecule has 23 heavy (non-hydrogen) atoms. The van der Waals surface area contributed by atoms with Gasteiger partial charge in [0.25, 0.3) is 0 Å². The van der Waals surface area contributed by atoms with Crippen LogP contribution in [0.1, 0.15) is 66.7 Å². The lowest BCUT2D eigenvalue weighted by molar-refractivity contribution is -0.178. The summed E-state index contributed by atoms with van der Waals surface area (Å²) in [5.41, 5.74) is 0.00426. The first kappa shape index (κ1) is 16.8. The fourth-order valence-electron chi connectivity index (χ4n) is 5.69. The van der Waals surface area contributed by atoms with Gasteiger partial charge in [0.05, 0.1) is 0 Å². The molecule has 5 atom stereocenters. The molecule has 0 amide bonds. The summed E-state index contributed by atoms with van der Waals surface area (Å²) >= 11 is 0. The molecule has 3 fully saturated rings. The van der Waals surface area contributed by atoms with Crippen LogP contribution in [0.15, 0.2) is 0 Å². The maximum atomic E-state index is 11.8. The first-order chi connectivity index (χ1) is 10.6. The number of ether oxygens (including phenoxy) is 2. The first-order valence-electron chi connectivity index (χ1n) is 8.91. The molecule has 3 aliphatic rings. The van der Waals surface area contributed by atoms with Crippen LogP contribution in [-0.4, -0.2) is 24.1 Å². The summed E-state index contributed by atoms with van der Waals surface area (Å²) < 4.78 is 11.2. The Kier molecular flexibility index (Phi) is 3.81. The molecule has 0 heterocycles. The second kappa shape index (κ2) is 5.22. The summed E-state index contributed by atoms with van der Waals surface area (Å²) in [6.45, 7) is 10.2. The average molecular weight is 322 g/mol. The standard InChI is InChI=1S/C19H30O4/c1-12(20)22-11-19(23-13(2)21)7-6-15-16(19)10-17(3,4)8-14-9-18(14,15)5/h14-16H,6-11H2,1-5H3/t14-,15+,16-,18+,19+/m0/s1. The van der Waals surface area contributed by atoms with E-state index in [2.05, 4.69) is 20.8 Å². The number of fused-ring (bicyclic) bond motifs is 3. The van der Waals surface area contributed by atoms with Gasteiger partial charge in [-0.25, -0.2) is 0 Å². The summed E-state index contributed by atoms with van der Waals surface area (Å²) in [7, 11) is 0. The Balaban J connectivity index is 1.93. The fourth-order valence-corrected chi connectivity index (χ4v) is 5.69. The Morgan fingerprint density at radius 1 is 1.00 bits per heavy atom. The van der Waals surface area contributed by atoms with Crippen molar-refractivity contribution in [1.29, 1.82) is 0 Å². The minimum Gasteiger partial charge on any atom is -0.462 e. The van der Waals surface area contributed by atoms with Crippen LogP contribution < -0.4 is 0 Å². The smallest absolute Gasteiger partial charge is 0.303 e. The summed E-state index contributed by atoms with van der Waals surface area (Å²) in [5, 5.41) is 0. The summed E-state index contributed by atoms with van der Waals surface area (Å²) in [6, 6.07) is 0. The van der Waals surface area contributed by atoms with Gasteiger partial charge >= 0.3 is 11.9 Å². The van der Waals surface area contributed by atoms with E-state index in [0.29, 0.717) is 17.3 Å². The van der Waals surface area contributed by atoms with E-state index in [1.165, 1.54) is 26.7 Å². The third kappa shape index (κ3) is 2.89. The highest BCUT2D eigenvalue weighted by atomic mass is 16.6. The monoisotopic (exact) mass is 322 g/mol. The molecule has 0 aromatic rings. The number of rotatable bonds is 3. The van der Waals surface area contributed by atoms with Gasteiger partial charge in [0, 0.05) is 19.8 Å². The van der Waals surface area contributed by atoms with Crippen molar-refractivity contribution >= 4 is 11.9 Å². The van der Waals surface area contributed by atoms with Crippen molar-refractivity contribution in [3.05, 3.63) is 0 Å². The molecule has 0 saturated heterocycles. The Morgan fingerprint density at radius 2 is 1.70 bits per heavy atom. The third-order valence-corrected chi connectivity index (χ3v) is 6.78. The van der Waals surface area contributed by atoms with Crippen LogP contribution in [0.4, 0.5) is 0 Å². The predicted octanol–water partition coefficient (Wildman–Crippen LogP) is 3.72. The lowest BCUT2D eigenvalue weighted by Gasteiger charge is -2.40. The van der Waals surface area contributed by atoms with E-state index in [0.717, 1.165) is 25.2 Å². The van der Waals surface area contributed by atoms with Crippen molar-refractivity contribution in [2.75, 3.05) is 6.61 Å². The Labute approximate surface area is 139 Å². The van der Waals surface area contributed by atoms with Crippen LogP contribution in [-0.2, 0) is 19.1 Å². The van der Waals surface area contributed by atoms with Crippen molar-refractivity contribution in [2.45, 2.75) is 72.3 Å². The maximum Gasteiger partial charge on any atom is 0.303 e. The highest BCUT2D eigenvalue weighted by molar-refractivity contribution is 5.67. The topological polar surface area (TPSA) is 52.6 Å². The Morgan fingerprint density at radius 3 is 2.30 bits per heavy atom. The van der Waals surface area contributed by atoms with Crippen LogP contribution in [0.3, 0.4) is 0 Å². The zero-order valence-electron chi connectivity index (χ0n) is 15.1. The van der Waals surface area contributed by atoms with Gasteiger partial charge < -0.3 is 9.47 Å². The van der Waals surface area contributed by atoms with E-state index in [-0.39, 0.29) is 24.0 Å². The first-order valence-corrected chi connectivity index (χ1v) is 8.91. The van der Waals surface area contributed by atoms with E-state index >= 15 is 0 Å². The van der Waals surface area contributed by atoms with E-state index in [9.17, 15) is 9.59 Å². The van der Waals surface area contributed by atoms with Gasteiger partial charge in [0.2, 0.25) is 0 Å². The number of hydrogen-bond acceptors (Lipinski definition) is 4. The molecular weight excluding hydrogens is 292 g/mol. The minimum absolute atomic E-state index is 0.208. The normalized spacial score (nSPS) is 43.8.